The van der Waals surface area contributed by atoms with Crippen LogP contribution in [0.2, 0.25) is 0 Å². The molecule has 2 heterocycles. The normalized spacial score (nSPS) is 10.6. The second-order valence-electron chi connectivity index (χ2n) is 3.52. The predicted octanol–water partition coefficient (Wildman–Crippen LogP) is 1.23. The zero-order valence-corrected chi connectivity index (χ0v) is 8.97. The van der Waals surface area contributed by atoms with E-state index < -0.39 is 5.97 Å². The Morgan fingerprint density at radius 2 is 2.31 bits per heavy atom. The van der Waals surface area contributed by atoms with Crippen molar-refractivity contribution in [1.29, 1.82) is 0 Å². The van der Waals surface area contributed by atoms with Gasteiger partial charge in [0.05, 0.1) is 0 Å². The topological polar surface area (TPSA) is 81.2 Å². The molecule has 2 rings (SSSR count). The third kappa shape index (κ3) is 1.81. The summed E-state index contributed by atoms with van der Waals surface area (Å²) >= 11 is 0. The van der Waals surface area contributed by atoms with E-state index in [0.717, 1.165) is 0 Å². The van der Waals surface area contributed by atoms with Gasteiger partial charge in [0.15, 0.2) is 5.82 Å². The Morgan fingerprint density at radius 3 is 2.88 bits per heavy atom. The Labute approximate surface area is 91.5 Å². The standard InChI is InChI=1S/C10H11N3O3/c1-6-3-4-13(9(6)10(14)15)5-8-11-7(2)12-16-8/h3-4H,5H2,1-2H3,(H,14,15). The molecule has 6 nitrogen and oxygen atoms in total. The third-order valence-corrected chi connectivity index (χ3v) is 2.24. The van der Waals surface area contributed by atoms with Crippen LogP contribution in [0.1, 0.15) is 27.8 Å². The van der Waals surface area contributed by atoms with Gasteiger partial charge in [-0.25, -0.2) is 4.79 Å². The highest BCUT2D eigenvalue weighted by molar-refractivity contribution is 5.87. The molecule has 0 aliphatic carbocycles. The molecular formula is C10H11N3O3. The molecule has 0 fully saturated rings. The molecule has 2 aromatic rings. The van der Waals surface area contributed by atoms with Crippen molar-refractivity contribution in [3.63, 3.8) is 0 Å². The molecule has 0 radical (unpaired) electrons. The number of carboxylic acids is 1. The summed E-state index contributed by atoms with van der Waals surface area (Å²) in [6, 6.07) is 1.74. The maximum absolute atomic E-state index is 11.0. The van der Waals surface area contributed by atoms with Crippen molar-refractivity contribution >= 4 is 5.97 Å². The first-order valence-corrected chi connectivity index (χ1v) is 4.76. The lowest BCUT2D eigenvalue weighted by molar-refractivity contribution is 0.0684. The van der Waals surface area contributed by atoms with Crippen LogP contribution < -0.4 is 0 Å². The van der Waals surface area contributed by atoms with Gasteiger partial charge < -0.3 is 14.2 Å². The fraction of sp³-hybridized carbons (Fsp3) is 0.300. The first-order chi connectivity index (χ1) is 7.58. The molecule has 0 saturated heterocycles. The highest BCUT2D eigenvalue weighted by Gasteiger charge is 2.15. The monoisotopic (exact) mass is 221 g/mol. The van der Waals surface area contributed by atoms with Gasteiger partial charge in [0.2, 0.25) is 5.89 Å². The molecule has 84 valence electrons. The number of aromatic nitrogens is 3. The Kier molecular flexibility index (Phi) is 2.47. The van der Waals surface area contributed by atoms with E-state index in [9.17, 15) is 4.79 Å². The van der Waals surface area contributed by atoms with Gasteiger partial charge >= 0.3 is 5.97 Å². The van der Waals surface area contributed by atoms with Crippen LogP contribution in [0, 0.1) is 13.8 Å². The molecule has 1 N–H and O–H groups in total. The predicted molar refractivity (Wildman–Crippen MR) is 54.3 cm³/mol. The van der Waals surface area contributed by atoms with Crippen molar-refractivity contribution in [1.82, 2.24) is 14.7 Å². The zero-order valence-electron chi connectivity index (χ0n) is 8.97. The summed E-state index contributed by atoms with van der Waals surface area (Å²) in [6.45, 7) is 3.74. The molecule has 0 bridgehead atoms. The molecule has 0 aliphatic rings. The number of aryl methyl sites for hydroxylation is 2. The average Bonchev–Trinajstić information content (AvgIpc) is 2.74. The van der Waals surface area contributed by atoms with Crippen molar-refractivity contribution in [2.45, 2.75) is 20.4 Å². The number of nitrogens with zero attached hydrogens (tertiary/aromatic N) is 3. The van der Waals surface area contributed by atoms with Crippen LogP contribution in [0.15, 0.2) is 16.8 Å². The van der Waals surface area contributed by atoms with Crippen molar-refractivity contribution in [2.24, 2.45) is 0 Å². The largest absolute Gasteiger partial charge is 0.477 e. The molecule has 0 atom stereocenters. The Hall–Kier alpha value is -2.11. The maximum Gasteiger partial charge on any atom is 0.352 e. The average molecular weight is 221 g/mol. The lowest BCUT2D eigenvalue weighted by Gasteiger charge is -2.02. The first kappa shape index (κ1) is 10.4. The summed E-state index contributed by atoms with van der Waals surface area (Å²) in [7, 11) is 0. The van der Waals surface area contributed by atoms with Crippen LogP contribution in [-0.2, 0) is 6.54 Å². The summed E-state index contributed by atoms with van der Waals surface area (Å²) in [5.41, 5.74) is 0.958. The summed E-state index contributed by atoms with van der Waals surface area (Å²) in [5.74, 6) is -0.0231. The Bertz CT molecular complexity index is 527. The van der Waals surface area contributed by atoms with E-state index in [1.807, 2.05) is 0 Å². The molecule has 0 unspecified atom stereocenters. The van der Waals surface area contributed by atoms with E-state index in [2.05, 4.69) is 10.1 Å². The molecular weight excluding hydrogens is 210 g/mol. The summed E-state index contributed by atoms with van der Waals surface area (Å²) < 4.78 is 6.51. The van der Waals surface area contributed by atoms with Gasteiger partial charge in [-0.3, -0.25) is 0 Å². The van der Waals surface area contributed by atoms with Gasteiger partial charge in [-0.15, -0.1) is 0 Å². The highest BCUT2D eigenvalue weighted by Crippen LogP contribution is 2.12. The Morgan fingerprint density at radius 1 is 1.56 bits per heavy atom. The van der Waals surface area contributed by atoms with Gasteiger partial charge in [0.25, 0.3) is 0 Å². The van der Waals surface area contributed by atoms with Crippen LogP contribution in [-0.4, -0.2) is 25.8 Å². The minimum Gasteiger partial charge on any atom is -0.477 e. The molecule has 0 aromatic carbocycles. The molecule has 0 spiro atoms. The number of aromatic carboxylic acids is 1. The molecule has 0 saturated carbocycles. The fourth-order valence-corrected chi connectivity index (χ4v) is 1.56. The molecule has 0 amide bonds. The minimum absolute atomic E-state index is 0.246. The smallest absolute Gasteiger partial charge is 0.352 e. The van der Waals surface area contributed by atoms with Crippen molar-refractivity contribution in [2.75, 3.05) is 0 Å². The lowest BCUT2D eigenvalue weighted by Crippen LogP contribution is -2.10. The van der Waals surface area contributed by atoms with Gasteiger partial charge in [0, 0.05) is 6.20 Å². The lowest BCUT2D eigenvalue weighted by atomic mass is 10.3. The molecule has 2 aromatic heterocycles. The minimum atomic E-state index is -0.960. The van der Waals surface area contributed by atoms with Crippen LogP contribution in [0.3, 0.4) is 0 Å². The highest BCUT2D eigenvalue weighted by atomic mass is 16.5. The second kappa shape index (κ2) is 3.80. The number of hydrogen-bond acceptors (Lipinski definition) is 4. The van der Waals surface area contributed by atoms with Crippen LogP contribution in [0.4, 0.5) is 0 Å². The van der Waals surface area contributed by atoms with E-state index in [1.54, 1.807) is 30.7 Å². The van der Waals surface area contributed by atoms with Crippen molar-refractivity contribution < 1.29 is 14.4 Å². The quantitative estimate of drug-likeness (QED) is 0.843. The first-order valence-electron chi connectivity index (χ1n) is 4.76. The summed E-state index contributed by atoms with van der Waals surface area (Å²) in [4.78, 5) is 15.0. The van der Waals surface area contributed by atoms with Crippen molar-refractivity contribution in [3.8, 4) is 0 Å². The number of hydrogen-bond donors (Lipinski definition) is 1. The Balaban J connectivity index is 2.31. The van der Waals surface area contributed by atoms with E-state index in [1.165, 1.54) is 0 Å². The van der Waals surface area contributed by atoms with Gasteiger partial charge in [0.1, 0.15) is 12.2 Å². The molecule has 16 heavy (non-hydrogen) atoms. The van der Waals surface area contributed by atoms with E-state index >= 15 is 0 Å². The molecule has 0 aliphatic heterocycles. The second-order valence-corrected chi connectivity index (χ2v) is 3.52. The van der Waals surface area contributed by atoms with Crippen molar-refractivity contribution in [3.05, 3.63) is 35.2 Å². The van der Waals surface area contributed by atoms with Crippen LogP contribution in [0.25, 0.3) is 0 Å². The summed E-state index contributed by atoms with van der Waals surface area (Å²) in [6.07, 6.45) is 1.69. The fourth-order valence-electron chi connectivity index (χ4n) is 1.56. The molecule has 6 heteroatoms. The van der Waals surface area contributed by atoms with Gasteiger partial charge in [-0.05, 0) is 25.5 Å². The van der Waals surface area contributed by atoms with Crippen LogP contribution in [0.5, 0.6) is 0 Å². The van der Waals surface area contributed by atoms with Gasteiger partial charge in [-0.1, -0.05) is 5.16 Å². The third-order valence-electron chi connectivity index (χ3n) is 2.24. The van der Waals surface area contributed by atoms with E-state index in [-0.39, 0.29) is 12.2 Å². The van der Waals surface area contributed by atoms with Gasteiger partial charge in [-0.2, -0.15) is 4.98 Å². The number of carbonyl (C=O) groups is 1. The van der Waals surface area contributed by atoms with E-state index in [0.29, 0.717) is 17.3 Å². The number of rotatable bonds is 3. The SMILES string of the molecule is Cc1noc(Cn2ccc(C)c2C(=O)O)n1. The van der Waals surface area contributed by atoms with E-state index in [4.69, 9.17) is 9.63 Å². The summed E-state index contributed by atoms with van der Waals surface area (Å²) in [5, 5.41) is 12.7. The van der Waals surface area contributed by atoms with Crippen LogP contribution >= 0.6 is 0 Å². The zero-order chi connectivity index (χ0) is 11.7. The maximum atomic E-state index is 11.0. The number of carboxylic acid groups (broad SMARTS) is 1.